The van der Waals surface area contributed by atoms with Gasteiger partial charge in [0.1, 0.15) is 0 Å². The predicted molar refractivity (Wildman–Crippen MR) is 98.3 cm³/mol. The molecule has 0 aliphatic rings. The van der Waals surface area contributed by atoms with E-state index < -0.39 is 0 Å². The summed E-state index contributed by atoms with van der Waals surface area (Å²) in [6.45, 7) is 15.1. The fourth-order valence-electron chi connectivity index (χ4n) is 2.70. The van der Waals surface area contributed by atoms with Crippen molar-refractivity contribution in [2.45, 2.75) is 54.0 Å². The first-order valence-corrected chi connectivity index (χ1v) is 7.72. The fourth-order valence-corrected chi connectivity index (χ4v) is 2.70. The van der Waals surface area contributed by atoms with Crippen molar-refractivity contribution in [3.05, 3.63) is 46.8 Å². The van der Waals surface area contributed by atoms with Crippen molar-refractivity contribution < 1.29 is 0 Å². The van der Waals surface area contributed by atoms with E-state index in [0.29, 0.717) is 0 Å². The highest BCUT2D eigenvalue weighted by molar-refractivity contribution is 5.79. The van der Waals surface area contributed by atoms with Gasteiger partial charge in [0.15, 0.2) is 0 Å². The van der Waals surface area contributed by atoms with Crippen molar-refractivity contribution >= 4 is 24.3 Å². The first-order chi connectivity index (χ1) is 9.92. The number of hydrogen-bond acceptors (Lipinski definition) is 0. The summed E-state index contributed by atoms with van der Waals surface area (Å²) >= 11 is 0. The summed E-state index contributed by atoms with van der Waals surface area (Å²) in [5, 5.41) is 0. The third kappa shape index (κ3) is 3.66. The average Bonchev–Trinajstić information content (AvgIpc) is 2.66. The molecule has 21 heavy (non-hydrogen) atoms. The molecule has 0 bridgehead atoms. The zero-order chi connectivity index (χ0) is 16.0. The zero-order valence-corrected chi connectivity index (χ0v) is 14.6. The fraction of sp³-hybridized carbons (Fsp3) is 0.400. The first-order valence-electron chi connectivity index (χ1n) is 7.72. The minimum Gasteiger partial charge on any atom is -0.335 e. The molecule has 0 aromatic carbocycles. The van der Waals surface area contributed by atoms with Crippen molar-refractivity contribution in [2.24, 2.45) is 0 Å². The lowest BCUT2D eigenvalue weighted by molar-refractivity contribution is 0.393. The highest BCUT2D eigenvalue weighted by atomic mass is 15.1. The molecule has 0 aliphatic heterocycles. The van der Waals surface area contributed by atoms with Crippen LogP contribution in [-0.2, 0) is 5.54 Å². The van der Waals surface area contributed by atoms with Gasteiger partial charge < -0.3 is 4.57 Å². The third-order valence-corrected chi connectivity index (χ3v) is 3.31. The normalized spacial score (nSPS) is 13.7. The third-order valence-electron chi connectivity index (χ3n) is 3.31. The predicted octanol–water partition coefficient (Wildman–Crippen LogP) is 6.38. The van der Waals surface area contributed by atoms with Gasteiger partial charge >= 0.3 is 0 Å². The number of nitrogens with zero attached hydrogens (tertiary/aromatic N) is 1. The molecule has 1 heterocycles. The molecule has 0 spiro atoms. The van der Waals surface area contributed by atoms with Gasteiger partial charge in [-0.2, -0.15) is 0 Å². The topological polar surface area (TPSA) is 4.93 Å². The molecule has 0 aliphatic carbocycles. The monoisotopic (exact) mass is 283 g/mol. The number of allylic oxidation sites excluding steroid dienone is 4. The van der Waals surface area contributed by atoms with Gasteiger partial charge in [-0.05, 0) is 60.6 Å². The molecule has 0 unspecified atom stereocenters. The lowest BCUT2D eigenvalue weighted by Gasteiger charge is -2.26. The van der Waals surface area contributed by atoms with Gasteiger partial charge in [0.25, 0.3) is 0 Å². The highest BCUT2D eigenvalue weighted by Crippen LogP contribution is 2.33. The molecular weight excluding hydrogens is 254 g/mol. The van der Waals surface area contributed by atoms with Crippen LogP contribution >= 0.6 is 0 Å². The van der Waals surface area contributed by atoms with E-state index in [1.165, 1.54) is 22.5 Å². The second kappa shape index (κ2) is 7.31. The highest BCUT2D eigenvalue weighted by Gasteiger charge is 2.24. The maximum absolute atomic E-state index is 2.43. The molecule has 1 rings (SSSR count). The summed E-state index contributed by atoms with van der Waals surface area (Å²) in [4.78, 5) is 0. The van der Waals surface area contributed by atoms with E-state index in [0.717, 1.165) is 0 Å². The van der Waals surface area contributed by atoms with Crippen LogP contribution in [0.2, 0.25) is 0 Å². The van der Waals surface area contributed by atoms with Crippen LogP contribution in [0.4, 0.5) is 0 Å². The Hall–Kier alpha value is -1.76. The molecule has 1 aromatic rings. The van der Waals surface area contributed by atoms with Crippen LogP contribution in [0.5, 0.6) is 0 Å². The molecule has 0 fully saturated rings. The van der Waals surface area contributed by atoms with Crippen LogP contribution in [0, 0.1) is 0 Å². The van der Waals surface area contributed by atoms with Crippen molar-refractivity contribution in [3.8, 4) is 0 Å². The lowest BCUT2D eigenvalue weighted by Crippen LogP contribution is -2.24. The van der Waals surface area contributed by atoms with Crippen molar-refractivity contribution in [1.29, 1.82) is 0 Å². The first kappa shape index (κ1) is 17.3. The number of aromatic nitrogens is 1. The lowest BCUT2D eigenvalue weighted by atomic mass is 10.1. The smallest absolute Gasteiger partial charge is 0.0492 e. The Morgan fingerprint density at radius 3 is 1.19 bits per heavy atom. The second-order valence-corrected chi connectivity index (χ2v) is 6.10. The largest absolute Gasteiger partial charge is 0.335 e. The van der Waals surface area contributed by atoms with Crippen molar-refractivity contribution in [1.82, 2.24) is 4.57 Å². The summed E-state index contributed by atoms with van der Waals surface area (Å²) < 4.78 is 2.43. The van der Waals surface area contributed by atoms with Gasteiger partial charge in [0, 0.05) is 28.1 Å². The molecule has 0 radical (unpaired) electrons. The van der Waals surface area contributed by atoms with E-state index in [1.54, 1.807) is 0 Å². The van der Waals surface area contributed by atoms with E-state index >= 15 is 0 Å². The summed E-state index contributed by atoms with van der Waals surface area (Å²) in [6.07, 6.45) is 17.3. The molecular formula is C20H29N. The van der Waals surface area contributed by atoms with E-state index in [-0.39, 0.29) is 5.54 Å². The summed E-state index contributed by atoms with van der Waals surface area (Å²) in [5.74, 6) is 0. The molecule has 114 valence electrons. The Morgan fingerprint density at radius 1 is 0.619 bits per heavy atom. The maximum atomic E-state index is 2.43. The maximum Gasteiger partial charge on any atom is 0.0492 e. The standard InChI is InChI=1S/C20H29N/c1-8-12-16-17(13-9-2)19(15-11-4)21(20(5,6)7)18(16)14-10-3/h8-15H,1-7H3/b12-8-,13-9-,14-10-,15-11-. The summed E-state index contributed by atoms with van der Waals surface area (Å²) in [7, 11) is 0. The molecule has 1 heteroatoms. The second-order valence-electron chi connectivity index (χ2n) is 6.10. The van der Waals surface area contributed by atoms with Crippen molar-refractivity contribution in [3.63, 3.8) is 0 Å². The van der Waals surface area contributed by atoms with Crippen LogP contribution in [0.25, 0.3) is 24.3 Å². The van der Waals surface area contributed by atoms with Gasteiger partial charge in [0.05, 0.1) is 0 Å². The summed E-state index contributed by atoms with van der Waals surface area (Å²) in [5.41, 5.74) is 5.14. The van der Waals surface area contributed by atoms with Gasteiger partial charge in [-0.1, -0.05) is 36.5 Å². The van der Waals surface area contributed by atoms with Crippen molar-refractivity contribution in [2.75, 3.05) is 0 Å². The molecule has 0 N–H and O–H groups in total. The number of rotatable bonds is 4. The van der Waals surface area contributed by atoms with Crippen LogP contribution in [0.15, 0.2) is 24.3 Å². The van der Waals surface area contributed by atoms with Crippen LogP contribution < -0.4 is 0 Å². The van der Waals surface area contributed by atoms with Crippen LogP contribution in [0.1, 0.15) is 71.0 Å². The van der Waals surface area contributed by atoms with E-state index in [1.807, 2.05) is 0 Å². The molecule has 1 aromatic heterocycles. The minimum atomic E-state index is 0.0276. The zero-order valence-electron chi connectivity index (χ0n) is 14.6. The van der Waals surface area contributed by atoms with Gasteiger partial charge in [-0.15, -0.1) is 0 Å². The van der Waals surface area contributed by atoms with E-state index in [9.17, 15) is 0 Å². The minimum absolute atomic E-state index is 0.0276. The Balaban J connectivity index is 3.94. The Bertz CT molecular complexity index is 539. The molecule has 0 atom stereocenters. The van der Waals surface area contributed by atoms with Gasteiger partial charge in [-0.25, -0.2) is 0 Å². The Labute approximate surface area is 130 Å². The van der Waals surface area contributed by atoms with Crippen LogP contribution in [-0.4, -0.2) is 4.57 Å². The number of hydrogen-bond donors (Lipinski definition) is 0. The van der Waals surface area contributed by atoms with Gasteiger partial charge in [-0.3, -0.25) is 0 Å². The Morgan fingerprint density at radius 2 is 0.952 bits per heavy atom. The van der Waals surface area contributed by atoms with Gasteiger partial charge in [0.2, 0.25) is 0 Å². The van der Waals surface area contributed by atoms with E-state index in [4.69, 9.17) is 0 Å². The molecule has 0 saturated heterocycles. The molecule has 0 saturated carbocycles. The van der Waals surface area contributed by atoms with E-state index in [2.05, 4.69) is 102 Å². The van der Waals surface area contributed by atoms with Crippen LogP contribution in [0.3, 0.4) is 0 Å². The average molecular weight is 283 g/mol. The summed E-state index contributed by atoms with van der Waals surface area (Å²) in [6, 6.07) is 0. The Kier molecular flexibility index (Phi) is 6.02. The SMILES string of the molecule is C/C=C\c1c(/C=C\C)c(/C=C\C)n(C(C)(C)C)c1/C=C\C. The molecule has 0 amide bonds. The molecule has 1 nitrogen and oxygen atoms in total. The quantitative estimate of drug-likeness (QED) is 0.604.